The standard InChI is InChI=1S/C14H20N4O2S2/c1-9(12(20)17-7-3-4-8-17)21-14-16-15-13(22-14)18(10(2)19)11-5-6-11/h9,11H,3-8H2,1-2H3. The van der Waals surface area contributed by atoms with Gasteiger partial charge in [0.15, 0.2) is 4.34 Å². The van der Waals surface area contributed by atoms with E-state index in [-0.39, 0.29) is 23.1 Å². The molecule has 0 radical (unpaired) electrons. The number of carbonyl (C=O) groups excluding carboxylic acids is 2. The van der Waals surface area contributed by atoms with Crippen molar-refractivity contribution < 1.29 is 9.59 Å². The van der Waals surface area contributed by atoms with Gasteiger partial charge in [0.25, 0.3) is 0 Å². The zero-order valence-electron chi connectivity index (χ0n) is 12.8. The summed E-state index contributed by atoms with van der Waals surface area (Å²) in [5.41, 5.74) is 0. The topological polar surface area (TPSA) is 66.4 Å². The predicted octanol–water partition coefficient (Wildman–Crippen LogP) is 2.16. The average Bonchev–Trinajstić information content (AvgIpc) is 2.99. The molecule has 0 N–H and O–H groups in total. The first-order chi connectivity index (χ1) is 10.6. The van der Waals surface area contributed by atoms with Gasteiger partial charge in [0.2, 0.25) is 16.9 Å². The van der Waals surface area contributed by atoms with Gasteiger partial charge >= 0.3 is 0 Å². The summed E-state index contributed by atoms with van der Waals surface area (Å²) in [6.45, 7) is 5.21. The van der Waals surface area contributed by atoms with Gasteiger partial charge in [-0.15, -0.1) is 10.2 Å². The van der Waals surface area contributed by atoms with Crippen LogP contribution in [0.15, 0.2) is 4.34 Å². The number of carbonyl (C=O) groups is 2. The van der Waals surface area contributed by atoms with Gasteiger partial charge in [-0.2, -0.15) is 0 Å². The lowest BCUT2D eigenvalue weighted by molar-refractivity contribution is -0.129. The molecule has 0 aromatic carbocycles. The Kier molecular flexibility index (Phi) is 4.67. The Morgan fingerprint density at radius 3 is 2.59 bits per heavy atom. The third kappa shape index (κ3) is 3.43. The first-order valence-corrected chi connectivity index (χ1v) is 9.34. The van der Waals surface area contributed by atoms with E-state index in [4.69, 9.17) is 0 Å². The fourth-order valence-electron chi connectivity index (χ4n) is 2.62. The molecule has 2 amide bonds. The quantitative estimate of drug-likeness (QED) is 0.607. The molecule has 1 aliphatic carbocycles. The summed E-state index contributed by atoms with van der Waals surface area (Å²) in [5.74, 6) is 0.182. The number of anilines is 1. The van der Waals surface area contributed by atoms with E-state index in [1.54, 1.807) is 11.8 Å². The average molecular weight is 340 g/mol. The second-order valence-electron chi connectivity index (χ2n) is 5.76. The maximum absolute atomic E-state index is 12.3. The molecule has 0 bridgehead atoms. The SMILES string of the molecule is CC(=O)N(c1nnc(SC(C)C(=O)N2CCCC2)s1)C1CC1. The maximum Gasteiger partial charge on any atom is 0.235 e. The van der Waals surface area contributed by atoms with E-state index >= 15 is 0 Å². The fraction of sp³-hybridized carbons (Fsp3) is 0.714. The molecule has 2 aliphatic rings. The van der Waals surface area contributed by atoms with Gasteiger partial charge in [0.1, 0.15) is 0 Å². The van der Waals surface area contributed by atoms with Crippen LogP contribution < -0.4 is 4.90 Å². The lowest BCUT2D eigenvalue weighted by Gasteiger charge is -2.19. The van der Waals surface area contributed by atoms with Crippen molar-refractivity contribution in [3.8, 4) is 0 Å². The minimum atomic E-state index is -0.161. The van der Waals surface area contributed by atoms with E-state index in [0.717, 1.165) is 43.1 Å². The third-order valence-corrected chi connectivity index (χ3v) is 5.99. The van der Waals surface area contributed by atoms with Crippen LogP contribution in [0.4, 0.5) is 5.13 Å². The highest BCUT2D eigenvalue weighted by atomic mass is 32.2. The minimum absolute atomic E-state index is 0.0105. The second kappa shape index (κ2) is 6.54. The van der Waals surface area contributed by atoms with Crippen LogP contribution in [0.3, 0.4) is 0 Å². The lowest BCUT2D eigenvalue weighted by atomic mass is 10.4. The Labute approximate surface area is 138 Å². The number of hydrogen-bond donors (Lipinski definition) is 0. The molecular weight excluding hydrogens is 320 g/mol. The number of rotatable bonds is 5. The number of aromatic nitrogens is 2. The van der Waals surface area contributed by atoms with E-state index in [2.05, 4.69) is 10.2 Å². The zero-order valence-corrected chi connectivity index (χ0v) is 14.5. The van der Waals surface area contributed by atoms with Gasteiger partial charge in [-0.05, 0) is 32.6 Å². The number of likely N-dealkylation sites (tertiary alicyclic amines) is 1. The van der Waals surface area contributed by atoms with Crippen LogP contribution >= 0.6 is 23.1 Å². The molecule has 1 unspecified atom stereocenters. The smallest absolute Gasteiger partial charge is 0.235 e. The largest absolute Gasteiger partial charge is 0.342 e. The molecule has 6 nitrogen and oxygen atoms in total. The monoisotopic (exact) mass is 340 g/mol. The van der Waals surface area contributed by atoms with Crippen molar-refractivity contribution in [2.24, 2.45) is 0 Å². The van der Waals surface area contributed by atoms with Crippen molar-refractivity contribution in [3.63, 3.8) is 0 Å². The maximum atomic E-state index is 12.3. The molecule has 2 heterocycles. The Morgan fingerprint density at radius 2 is 2.00 bits per heavy atom. The zero-order chi connectivity index (χ0) is 15.7. The highest BCUT2D eigenvalue weighted by molar-refractivity contribution is 8.02. The summed E-state index contributed by atoms with van der Waals surface area (Å²) in [6.07, 6.45) is 4.26. The van der Waals surface area contributed by atoms with Crippen LogP contribution in [-0.4, -0.2) is 51.3 Å². The number of hydrogen-bond acceptors (Lipinski definition) is 6. The molecule has 1 aromatic rings. The van der Waals surface area contributed by atoms with Gasteiger partial charge < -0.3 is 4.90 Å². The molecule has 1 aliphatic heterocycles. The number of thioether (sulfide) groups is 1. The van der Waals surface area contributed by atoms with E-state index in [0.29, 0.717) is 5.13 Å². The summed E-state index contributed by atoms with van der Waals surface area (Å²) in [7, 11) is 0. The van der Waals surface area contributed by atoms with Crippen LogP contribution in [0.5, 0.6) is 0 Å². The molecule has 3 rings (SSSR count). The van der Waals surface area contributed by atoms with E-state index in [1.807, 2.05) is 11.8 Å². The van der Waals surface area contributed by atoms with Gasteiger partial charge in [0.05, 0.1) is 5.25 Å². The van der Waals surface area contributed by atoms with Crippen molar-refractivity contribution in [1.29, 1.82) is 0 Å². The van der Waals surface area contributed by atoms with Gasteiger partial charge in [0, 0.05) is 26.1 Å². The van der Waals surface area contributed by atoms with Crippen molar-refractivity contribution in [3.05, 3.63) is 0 Å². The Balaban J connectivity index is 1.63. The van der Waals surface area contributed by atoms with E-state index in [9.17, 15) is 9.59 Å². The molecule has 1 saturated carbocycles. The van der Waals surface area contributed by atoms with Gasteiger partial charge in [-0.25, -0.2) is 0 Å². The molecule has 0 spiro atoms. The normalized spacial score (nSPS) is 19.3. The van der Waals surface area contributed by atoms with Crippen LogP contribution in [-0.2, 0) is 9.59 Å². The van der Waals surface area contributed by atoms with E-state index < -0.39 is 0 Å². The summed E-state index contributed by atoms with van der Waals surface area (Å²) in [4.78, 5) is 27.7. The van der Waals surface area contributed by atoms with Crippen molar-refractivity contribution in [2.45, 2.75) is 55.2 Å². The second-order valence-corrected chi connectivity index (χ2v) is 8.31. The van der Waals surface area contributed by atoms with Crippen molar-refractivity contribution >= 4 is 40.0 Å². The van der Waals surface area contributed by atoms with Crippen LogP contribution in [0.2, 0.25) is 0 Å². The Bertz CT molecular complexity index is 567. The first kappa shape index (κ1) is 15.7. The van der Waals surface area contributed by atoms with Gasteiger partial charge in [-0.3, -0.25) is 14.5 Å². The molecule has 1 aromatic heterocycles. The highest BCUT2D eigenvalue weighted by Crippen LogP contribution is 2.37. The Hall–Kier alpha value is -1.15. The molecule has 22 heavy (non-hydrogen) atoms. The molecule has 8 heteroatoms. The molecule has 2 fully saturated rings. The Morgan fingerprint density at radius 1 is 1.32 bits per heavy atom. The molecule has 120 valence electrons. The molecular formula is C14H20N4O2S2. The summed E-state index contributed by atoms with van der Waals surface area (Å²) < 4.78 is 0.752. The fourth-order valence-corrected chi connectivity index (χ4v) is 4.81. The summed E-state index contributed by atoms with van der Waals surface area (Å²) >= 11 is 2.84. The number of nitrogens with zero attached hydrogens (tertiary/aromatic N) is 4. The summed E-state index contributed by atoms with van der Waals surface area (Å²) in [6, 6.07) is 0.284. The summed E-state index contributed by atoms with van der Waals surface area (Å²) in [5, 5.41) is 8.77. The first-order valence-electron chi connectivity index (χ1n) is 7.65. The number of amides is 2. The van der Waals surface area contributed by atoms with E-state index in [1.165, 1.54) is 23.1 Å². The van der Waals surface area contributed by atoms with Crippen molar-refractivity contribution in [2.75, 3.05) is 18.0 Å². The minimum Gasteiger partial charge on any atom is -0.342 e. The van der Waals surface area contributed by atoms with Crippen molar-refractivity contribution in [1.82, 2.24) is 15.1 Å². The molecule has 1 atom stereocenters. The lowest BCUT2D eigenvalue weighted by Crippen LogP contribution is -2.33. The van der Waals surface area contributed by atoms with Crippen LogP contribution in [0.25, 0.3) is 0 Å². The third-order valence-electron chi connectivity index (χ3n) is 3.90. The highest BCUT2D eigenvalue weighted by Gasteiger charge is 2.34. The van der Waals surface area contributed by atoms with Gasteiger partial charge in [-0.1, -0.05) is 23.1 Å². The van der Waals surface area contributed by atoms with Crippen LogP contribution in [0.1, 0.15) is 39.5 Å². The molecule has 1 saturated heterocycles. The van der Waals surface area contributed by atoms with Crippen LogP contribution in [0, 0.1) is 0 Å². The predicted molar refractivity (Wildman–Crippen MR) is 87.2 cm³/mol.